The molecule has 0 unspecified atom stereocenters. The van der Waals surface area contributed by atoms with Crippen LogP contribution < -0.4 is 0 Å². The van der Waals surface area contributed by atoms with Crippen molar-refractivity contribution in [2.45, 2.75) is 52.6 Å². The van der Waals surface area contributed by atoms with Crippen molar-refractivity contribution in [1.29, 1.82) is 0 Å². The molecular weight excluding hydrogens is 720 g/mol. The predicted octanol–water partition coefficient (Wildman–Crippen LogP) is 14.8. The Morgan fingerprint density at radius 1 is 0.404 bits per heavy atom. The van der Waals surface area contributed by atoms with E-state index in [4.69, 9.17) is 0 Å². The van der Waals surface area contributed by atoms with Gasteiger partial charge in [-0.05, 0) is 34.1 Å². The molecule has 2 radical (unpaired) electrons. The minimum atomic E-state index is 0. The van der Waals surface area contributed by atoms with Crippen LogP contribution in [-0.2, 0) is 26.2 Å². The molecule has 0 aromatic heterocycles. The third-order valence-electron chi connectivity index (χ3n) is 9.46. The van der Waals surface area contributed by atoms with E-state index in [0.29, 0.717) is 11.8 Å². The van der Waals surface area contributed by atoms with E-state index in [1.807, 2.05) is 0 Å². The van der Waals surface area contributed by atoms with E-state index in [1.54, 1.807) is 0 Å². The van der Waals surface area contributed by atoms with Gasteiger partial charge >= 0.3 is 26.2 Å². The van der Waals surface area contributed by atoms with E-state index in [9.17, 15) is 0 Å². The second kappa shape index (κ2) is 18.4. The quantitative estimate of drug-likeness (QED) is 0.117. The fourth-order valence-corrected chi connectivity index (χ4v) is 7.03. The summed E-state index contributed by atoms with van der Waals surface area (Å²) in [6.45, 7) is 13.4. The normalized spacial score (nSPS) is 10.8. The molecule has 0 atom stereocenters. The van der Waals surface area contributed by atoms with Crippen molar-refractivity contribution in [3.05, 3.63) is 181 Å². The fraction of sp³-hybridized carbons (Fsp3) is 0.160. The molecule has 0 fully saturated rings. The number of rotatable bonds is 6. The third kappa shape index (κ3) is 8.80. The van der Waals surface area contributed by atoms with Crippen LogP contribution in [0.25, 0.3) is 66.1 Å². The van der Waals surface area contributed by atoms with Gasteiger partial charge in [-0.2, -0.15) is 0 Å². The Bertz CT molecular complexity index is 2140. The van der Waals surface area contributed by atoms with Gasteiger partial charge < -0.3 is 0 Å². The molecule has 2 heteroatoms. The van der Waals surface area contributed by atoms with Crippen molar-refractivity contribution >= 4 is 31.1 Å². The summed E-state index contributed by atoms with van der Waals surface area (Å²) in [5.74, 6) is 1.03. The number of hydrogen-bond acceptors (Lipinski definition) is 0. The molecule has 52 heavy (non-hydrogen) atoms. The van der Waals surface area contributed by atoms with Crippen LogP contribution in [0.15, 0.2) is 170 Å². The molecule has 0 saturated carbocycles. The second-order valence-corrected chi connectivity index (χ2v) is 14.8. The maximum Gasteiger partial charge on any atom is 2.00 e. The molecule has 0 aliphatic carbocycles. The van der Waals surface area contributed by atoms with E-state index in [-0.39, 0.29) is 26.2 Å². The Kier molecular flexibility index (Phi) is 13.8. The van der Waals surface area contributed by atoms with Crippen molar-refractivity contribution in [3.8, 4) is 44.5 Å². The summed E-state index contributed by atoms with van der Waals surface area (Å²) in [5.41, 5.74) is 13.3. The molecule has 0 spiro atoms. The molecule has 0 saturated heterocycles. The van der Waals surface area contributed by atoms with Crippen LogP contribution in [0.5, 0.6) is 0 Å². The SMILES string of the molecule is CC(C)c1ccccc1-c1cccc2[cH-]c(-c3ccccc3)cc12.CC(C)c1ccccc1-c1cccc2[cH-]c(-c3ccccc3)cc12.C[Si]C.[Zr+2]. The molecule has 0 aliphatic rings. The van der Waals surface area contributed by atoms with Gasteiger partial charge in [-0.25, -0.2) is 0 Å². The summed E-state index contributed by atoms with van der Waals surface area (Å²) >= 11 is 0. The molecule has 0 aliphatic heterocycles. The average molecular weight is 768 g/mol. The predicted molar refractivity (Wildman–Crippen MR) is 226 cm³/mol. The molecule has 0 bridgehead atoms. The van der Waals surface area contributed by atoms with Gasteiger partial charge in [0.2, 0.25) is 0 Å². The molecule has 0 N–H and O–H groups in total. The zero-order valence-corrected chi connectivity index (χ0v) is 34.8. The largest absolute Gasteiger partial charge is 2.00 e. The third-order valence-corrected chi connectivity index (χ3v) is 9.46. The number of hydrogen-bond donors (Lipinski definition) is 0. The van der Waals surface area contributed by atoms with Gasteiger partial charge in [0.25, 0.3) is 0 Å². The topological polar surface area (TPSA) is 0 Å². The van der Waals surface area contributed by atoms with E-state index in [0.717, 1.165) is 9.52 Å². The van der Waals surface area contributed by atoms with Crippen LogP contribution in [0, 0.1) is 0 Å². The Morgan fingerprint density at radius 3 is 1.10 bits per heavy atom. The molecule has 0 nitrogen and oxygen atoms in total. The van der Waals surface area contributed by atoms with Crippen molar-refractivity contribution < 1.29 is 26.2 Å². The zero-order valence-electron chi connectivity index (χ0n) is 31.3. The Balaban J connectivity index is 0.000000184. The van der Waals surface area contributed by atoms with Crippen molar-refractivity contribution in [2.24, 2.45) is 0 Å². The first-order valence-corrected chi connectivity index (χ1v) is 20.2. The van der Waals surface area contributed by atoms with Crippen LogP contribution in [0.2, 0.25) is 13.1 Å². The average Bonchev–Trinajstić information content (AvgIpc) is 3.82. The monoisotopic (exact) mass is 766 g/mol. The molecule has 0 amide bonds. The minimum absolute atomic E-state index is 0. The smallest absolute Gasteiger partial charge is 0.144 e. The molecule has 8 rings (SSSR count). The van der Waals surface area contributed by atoms with Gasteiger partial charge in [-0.1, -0.05) is 197 Å². The first kappa shape index (κ1) is 38.9. The van der Waals surface area contributed by atoms with Crippen molar-refractivity contribution in [2.75, 3.05) is 0 Å². The van der Waals surface area contributed by atoms with Crippen LogP contribution in [0.3, 0.4) is 0 Å². The van der Waals surface area contributed by atoms with E-state index in [1.165, 1.54) is 77.2 Å². The Hall–Kier alpha value is -4.36. The number of fused-ring (bicyclic) bond motifs is 2. The van der Waals surface area contributed by atoms with Gasteiger partial charge in [-0.3, -0.25) is 0 Å². The summed E-state index contributed by atoms with van der Waals surface area (Å²) in [7, 11) is 1.08. The summed E-state index contributed by atoms with van der Waals surface area (Å²) in [6.07, 6.45) is 0. The van der Waals surface area contributed by atoms with Gasteiger partial charge in [-0.15, -0.1) is 69.1 Å². The van der Waals surface area contributed by atoms with Crippen LogP contribution in [0.1, 0.15) is 50.7 Å². The van der Waals surface area contributed by atoms with Gasteiger partial charge in [0, 0.05) is 9.52 Å². The zero-order chi connectivity index (χ0) is 35.7. The van der Waals surface area contributed by atoms with E-state index < -0.39 is 0 Å². The summed E-state index contributed by atoms with van der Waals surface area (Å²) in [6, 6.07) is 61.3. The van der Waals surface area contributed by atoms with Crippen LogP contribution >= 0.6 is 0 Å². The van der Waals surface area contributed by atoms with E-state index in [2.05, 4.69) is 211 Å². The fourth-order valence-electron chi connectivity index (χ4n) is 7.03. The van der Waals surface area contributed by atoms with E-state index >= 15 is 0 Å². The summed E-state index contributed by atoms with van der Waals surface area (Å²) in [5, 5.41) is 5.30. The van der Waals surface area contributed by atoms with Crippen molar-refractivity contribution in [1.82, 2.24) is 0 Å². The van der Waals surface area contributed by atoms with Gasteiger partial charge in [0.1, 0.15) is 0 Å². The number of benzene rings is 6. The summed E-state index contributed by atoms with van der Waals surface area (Å²) in [4.78, 5) is 0. The second-order valence-electron chi connectivity index (χ2n) is 13.8. The first-order chi connectivity index (χ1) is 24.9. The Labute approximate surface area is 333 Å². The maximum atomic E-state index is 2.33. The molecule has 0 heterocycles. The molecular formula is C50H48SiZr. The van der Waals surface area contributed by atoms with Crippen molar-refractivity contribution in [3.63, 3.8) is 0 Å². The first-order valence-electron chi connectivity index (χ1n) is 18.2. The maximum absolute atomic E-state index is 2.33. The molecule has 8 aromatic rings. The van der Waals surface area contributed by atoms with Gasteiger partial charge in [0.15, 0.2) is 0 Å². The minimum Gasteiger partial charge on any atom is -0.144 e. The standard InChI is InChI=1S/2C24H21.C2H6Si.Zr/c2*1-17(2)21-12-6-7-13-22(21)23-14-8-11-19-15-20(16-24(19)23)18-9-4-3-5-10-18;1-3-2;/h2*3-17H,1-2H3;1-2H3;/q2*-1;;+2. The van der Waals surface area contributed by atoms with Crippen LogP contribution in [-0.4, -0.2) is 9.52 Å². The summed E-state index contributed by atoms with van der Waals surface area (Å²) < 4.78 is 0. The molecule has 8 aromatic carbocycles. The Morgan fingerprint density at radius 2 is 0.731 bits per heavy atom. The van der Waals surface area contributed by atoms with Gasteiger partial charge in [0.05, 0.1) is 0 Å². The van der Waals surface area contributed by atoms with Crippen LogP contribution in [0.4, 0.5) is 0 Å². The molecule has 256 valence electrons.